The highest BCUT2D eigenvalue weighted by atomic mass is 33.1. The van der Waals surface area contributed by atoms with Crippen molar-refractivity contribution in [3.63, 3.8) is 0 Å². The van der Waals surface area contributed by atoms with Gasteiger partial charge in [-0.2, -0.15) is 0 Å². The van der Waals surface area contributed by atoms with Crippen molar-refractivity contribution in [1.29, 1.82) is 0 Å². The van der Waals surface area contributed by atoms with Gasteiger partial charge >= 0.3 is 12.1 Å². The molecule has 2 saturated carbocycles. The topological polar surface area (TPSA) is 99.1 Å². The molecule has 56 heavy (non-hydrogen) atoms. The van der Waals surface area contributed by atoms with Gasteiger partial charge in [0.1, 0.15) is 0 Å². The average Bonchev–Trinajstić information content (AvgIpc) is 3.98. The summed E-state index contributed by atoms with van der Waals surface area (Å²) in [7, 11) is 3.89. The van der Waals surface area contributed by atoms with Crippen LogP contribution < -0.4 is 11.5 Å². The van der Waals surface area contributed by atoms with Crippen LogP contribution in [0.4, 0.5) is 9.59 Å². The maximum absolute atomic E-state index is 12.5. The summed E-state index contributed by atoms with van der Waals surface area (Å²) >= 11 is 0. The fourth-order valence-corrected chi connectivity index (χ4v) is 14.3. The lowest BCUT2D eigenvalue weighted by Gasteiger charge is -2.37. The minimum absolute atomic E-state index is 0.240. The molecule has 6 aliphatic rings. The van der Waals surface area contributed by atoms with E-state index >= 15 is 0 Å². The van der Waals surface area contributed by atoms with Crippen LogP contribution in [0.1, 0.15) is 162 Å². The van der Waals surface area contributed by atoms with Gasteiger partial charge < -0.3 is 21.3 Å². The van der Waals surface area contributed by atoms with Crippen molar-refractivity contribution >= 4 is 33.7 Å². The number of nitrogens with two attached hydrogens (primary N) is 2. The first kappa shape index (κ1) is 40.4. The van der Waals surface area contributed by atoms with Crippen LogP contribution in [0.3, 0.4) is 0 Å². The number of unbranched alkanes of at least 4 members (excludes halogenated alkanes) is 2. The molecule has 0 unspecified atom stereocenters. The first-order valence-corrected chi connectivity index (χ1v) is 25.0. The highest BCUT2D eigenvalue weighted by Crippen LogP contribution is 2.54. The molecule has 2 aromatic carbocycles. The molecule has 0 radical (unpaired) electrons. The Balaban J connectivity index is 0.646. The van der Waals surface area contributed by atoms with E-state index < -0.39 is 0 Å². The molecule has 4 bridgehead atoms. The minimum atomic E-state index is -0.240. The number of hydrogen-bond acceptors (Lipinski definition) is 6. The third-order valence-corrected chi connectivity index (χ3v) is 17.5. The fraction of sp³-hybridized carbons (Fsp3) is 0.696. The molecule has 0 aromatic heterocycles. The summed E-state index contributed by atoms with van der Waals surface area (Å²) < 4.78 is 0. The van der Waals surface area contributed by atoms with Crippen molar-refractivity contribution in [3.05, 3.63) is 70.8 Å². The largest absolute Gasteiger partial charge is 0.351 e. The van der Waals surface area contributed by atoms with Crippen LogP contribution in [0.2, 0.25) is 0 Å². The molecule has 10 heteroatoms. The molecule has 4 N–H and O–H groups in total. The van der Waals surface area contributed by atoms with Gasteiger partial charge in [0, 0.05) is 60.8 Å². The van der Waals surface area contributed by atoms with E-state index in [1.807, 2.05) is 31.4 Å². The molecular weight excluding hydrogens is 733 g/mol. The van der Waals surface area contributed by atoms with E-state index in [1.165, 1.54) is 77.3 Å². The number of nitrogens with zero attached hydrogens (tertiary/aromatic N) is 4. The monoisotopic (exact) mass is 800 g/mol. The summed E-state index contributed by atoms with van der Waals surface area (Å²) in [6.07, 6.45) is 21.3. The number of urea groups is 2. The van der Waals surface area contributed by atoms with Crippen LogP contribution in [0.25, 0.3) is 0 Å². The van der Waals surface area contributed by atoms with Gasteiger partial charge in [-0.3, -0.25) is 9.80 Å². The van der Waals surface area contributed by atoms with Gasteiger partial charge in [0.25, 0.3) is 0 Å². The maximum Gasteiger partial charge on any atom is 0.315 e. The van der Waals surface area contributed by atoms with E-state index in [1.54, 1.807) is 22.3 Å². The van der Waals surface area contributed by atoms with Crippen molar-refractivity contribution in [1.82, 2.24) is 19.6 Å². The number of benzene rings is 2. The van der Waals surface area contributed by atoms with Gasteiger partial charge in [0.15, 0.2) is 0 Å². The Labute approximate surface area is 345 Å². The SMILES string of the molecule is NC(=O)N(CCCCSSCCCCN(C(N)=O)C1CCC(CCN2[C@@H]3CC[C@H]2c2ccccc23)CC1)C1CCC(CCN2[C@@H]3CC[C@H]2c2ccccc23)CC1. The van der Waals surface area contributed by atoms with Crippen LogP contribution in [0.5, 0.6) is 0 Å². The van der Waals surface area contributed by atoms with E-state index in [2.05, 4.69) is 58.3 Å². The Morgan fingerprint density at radius 2 is 0.857 bits per heavy atom. The molecule has 4 amide bonds. The lowest BCUT2D eigenvalue weighted by atomic mass is 9.83. The second kappa shape index (κ2) is 19.1. The van der Waals surface area contributed by atoms with Crippen LogP contribution in [-0.2, 0) is 0 Å². The molecule has 0 spiro atoms. The lowest BCUT2D eigenvalue weighted by molar-refractivity contribution is 0.137. The number of rotatable bonds is 19. The average molecular weight is 801 g/mol. The zero-order chi connectivity index (χ0) is 38.4. The second-order valence-electron chi connectivity index (χ2n) is 18.0. The maximum atomic E-state index is 12.5. The van der Waals surface area contributed by atoms with Gasteiger partial charge in [-0.15, -0.1) is 0 Å². The predicted molar refractivity (Wildman–Crippen MR) is 232 cm³/mol. The summed E-state index contributed by atoms with van der Waals surface area (Å²) in [5.74, 6) is 3.71. The lowest BCUT2D eigenvalue weighted by Crippen LogP contribution is -2.45. The molecule has 4 fully saturated rings. The summed E-state index contributed by atoms with van der Waals surface area (Å²) in [6.45, 7) is 3.98. The third kappa shape index (κ3) is 9.08. The number of fused-ring (bicyclic) bond motifs is 10. The van der Waals surface area contributed by atoms with Crippen LogP contribution >= 0.6 is 21.6 Å². The van der Waals surface area contributed by atoms with Crippen molar-refractivity contribution in [3.8, 4) is 0 Å². The summed E-state index contributed by atoms with van der Waals surface area (Å²) in [4.78, 5) is 34.5. The van der Waals surface area contributed by atoms with Crippen LogP contribution in [-0.4, -0.2) is 81.4 Å². The fourth-order valence-electron chi connectivity index (χ4n) is 12.0. The first-order valence-electron chi connectivity index (χ1n) is 22.5. The molecule has 4 atom stereocenters. The van der Waals surface area contributed by atoms with Gasteiger partial charge in [-0.05, 0) is 163 Å². The van der Waals surface area contributed by atoms with Gasteiger partial charge in [-0.25, -0.2) is 9.59 Å². The van der Waals surface area contributed by atoms with Gasteiger partial charge in [0.2, 0.25) is 0 Å². The molecule has 2 saturated heterocycles. The Kier molecular flexibility index (Phi) is 13.8. The Bertz CT molecular complexity index is 1430. The predicted octanol–water partition coefficient (Wildman–Crippen LogP) is 10.4. The van der Waals surface area contributed by atoms with E-state index in [-0.39, 0.29) is 12.1 Å². The number of primary amides is 2. The van der Waals surface area contributed by atoms with E-state index in [4.69, 9.17) is 11.5 Å². The van der Waals surface area contributed by atoms with Crippen molar-refractivity contribution in [2.75, 3.05) is 37.7 Å². The molecule has 4 aliphatic heterocycles. The number of carbonyl (C=O) groups is 2. The van der Waals surface area contributed by atoms with E-state index in [0.717, 1.165) is 87.8 Å². The molecule has 8 rings (SSSR count). The third-order valence-electron chi connectivity index (χ3n) is 15.0. The van der Waals surface area contributed by atoms with Gasteiger partial charge in [-0.1, -0.05) is 70.1 Å². The molecular formula is C46H68N6O2S2. The standard InChI is InChI=1S/C46H68N6O2S2/c47-45(53)49(35-17-13-33(14-18-35)25-29-51-41-21-22-42(51)38-10-2-1-9-37(38)41)27-5-7-31-55-56-32-8-6-28-50(46(48)54)36-19-15-34(16-20-36)26-30-52-43-23-24-44(52)40-12-4-3-11-39(40)43/h1-4,9-12,33-36,41-44H,5-8,13-32H2,(H2,47,53)(H2,48,54)/t33?,34?,35?,36?,41-,42+,43-,44+. The highest BCUT2D eigenvalue weighted by Gasteiger charge is 2.44. The van der Waals surface area contributed by atoms with E-state index in [9.17, 15) is 9.59 Å². The number of amides is 4. The molecule has 8 nitrogen and oxygen atoms in total. The van der Waals surface area contributed by atoms with Crippen LogP contribution in [0, 0.1) is 11.8 Å². The molecule has 306 valence electrons. The first-order chi connectivity index (χ1) is 27.5. The van der Waals surface area contributed by atoms with Crippen molar-refractivity contribution in [2.45, 2.75) is 152 Å². The smallest absolute Gasteiger partial charge is 0.315 e. The zero-order valence-electron chi connectivity index (χ0n) is 33.8. The van der Waals surface area contributed by atoms with Crippen LogP contribution in [0.15, 0.2) is 48.5 Å². The zero-order valence-corrected chi connectivity index (χ0v) is 35.4. The Morgan fingerprint density at radius 1 is 0.518 bits per heavy atom. The summed E-state index contributed by atoms with van der Waals surface area (Å²) in [6, 6.07) is 20.9. The normalized spacial score (nSPS) is 29.4. The van der Waals surface area contributed by atoms with E-state index in [0.29, 0.717) is 36.3 Å². The molecule has 4 heterocycles. The number of carbonyl (C=O) groups excluding carboxylic acids is 2. The molecule has 2 aromatic rings. The quantitative estimate of drug-likeness (QED) is 0.108. The second-order valence-corrected chi connectivity index (χ2v) is 20.7. The summed E-state index contributed by atoms with van der Waals surface area (Å²) in [5.41, 5.74) is 18.2. The Hall–Kier alpha value is -2.40. The van der Waals surface area contributed by atoms with Crippen molar-refractivity contribution in [2.24, 2.45) is 23.3 Å². The summed E-state index contributed by atoms with van der Waals surface area (Å²) in [5, 5.41) is 0. The molecule has 2 aliphatic carbocycles. The minimum Gasteiger partial charge on any atom is -0.351 e. The highest BCUT2D eigenvalue weighted by molar-refractivity contribution is 8.76. The Morgan fingerprint density at radius 3 is 1.18 bits per heavy atom. The van der Waals surface area contributed by atoms with Crippen molar-refractivity contribution < 1.29 is 9.59 Å². The van der Waals surface area contributed by atoms with Gasteiger partial charge in [0.05, 0.1) is 0 Å². The number of hydrogen-bond donors (Lipinski definition) is 2.